The van der Waals surface area contributed by atoms with Crippen molar-refractivity contribution in [3.63, 3.8) is 0 Å². The summed E-state index contributed by atoms with van der Waals surface area (Å²) in [6.45, 7) is 8.51. The van der Waals surface area contributed by atoms with E-state index in [1.54, 1.807) is 0 Å². The quantitative estimate of drug-likeness (QED) is 0.404. The molecule has 6 heteroatoms. The monoisotopic (exact) mass is 485 g/mol. The van der Waals surface area contributed by atoms with E-state index in [9.17, 15) is 0 Å². The molecule has 1 aliphatic carbocycles. The van der Waals surface area contributed by atoms with Crippen LogP contribution in [-0.4, -0.2) is 62.0 Å². The first kappa shape index (κ1) is 20.9. The maximum absolute atomic E-state index is 6.00. The second kappa shape index (κ2) is 9.56. The summed E-state index contributed by atoms with van der Waals surface area (Å²) in [4.78, 5) is 7.14. The molecule has 5 nitrogen and oxygen atoms in total. The van der Waals surface area contributed by atoms with Gasteiger partial charge in [-0.15, -0.1) is 24.0 Å². The number of rotatable bonds is 4. The van der Waals surface area contributed by atoms with E-state index in [1.165, 1.54) is 17.5 Å². The van der Waals surface area contributed by atoms with Crippen LogP contribution in [0, 0.1) is 6.92 Å². The summed E-state index contributed by atoms with van der Waals surface area (Å²) in [5.74, 6) is 1.65. The summed E-state index contributed by atoms with van der Waals surface area (Å²) >= 11 is 0. The zero-order valence-electron chi connectivity index (χ0n) is 16.4. The smallest absolute Gasteiger partial charge is 0.194 e. The van der Waals surface area contributed by atoms with Crippen molar-refractivity contribution in [3.8, 4) is 0 Å². The number of hydrogen-bond acceptors (Lipinski definition) is 3. The molecular formula is C21H32IN3O2. The first-order valence-electron chi connectivity index (χ1n) is 10.1. The lowest BCUT2D eigenvalue weighted by atomic mass is 10.0. The van der Waals surface area contributed by atoms with Gasteiger partial charge in [0.15, 0.2) is 5.96 Å². The normalized spacial score (nSPS) is 30.7. The van der Waals surface area contributed by atoms with E-state index in [2.05, 4.69) is 48.3 Å². The highest BCUT2D eigenvalue weighted by atomic mass is 127. The summed E-state index contributed by atoms with van der Waals surface area (Å²) in [7, 11) is 0. The van der Waals surface area contributed by atoms with Gasteiger partial charge in [-0.1, -0.05) is 24.3 Å². The average Bonchev–Trinajstić information content (AvgIpc) is 3.19. The Balaban J connectivity index is 0.00000210. The van der Waals surface area contributed by atoms with Crippen LogP contribution >= 0.6 is 24.0 Å². The molecule has 2 saturated heterocycles. The van der Waals surface area contributed by atoms with E-state index in [0.29, 0.717) is 12.0 Å². The van der Waals surface area contributed by atoms with Gasteiger partial charge in [-0.25, -0.2) is 0 Å². The number of guanidine groups is 1. The summed E-state index contributed by atoms with van der Waals surface area (Å²) in [6.07, 6.45) is 3.87. The van der Waals surface area contributed by atoms with Crippen molar-refractivity contribution in [2.24, 2.45) is 4.99 Å². The predicted molar refractivity (Wildman–Crippen MR) is 119 cm³/mol. The largest absolute Gasteiger partial charge is 0.375 e. The third-order valence-electron chi connectivity index (χ3n) is 5.77. The Bertz CT molecular complexity index is 648. The van der Waals surface area contributed by atoms with E-state index in [0.717, 1.165) is 51.6 Å². The average molecular weight is 485 g/mol. The topological polar surface area (TPSA) is 46.1 Å². The lowest BCUT2D eigenvalue weighted by molar-refractivity contribution is -0.0817. The minimum atomic E-state index is 0. The molecule has 3 aliphatic rings. The Hall–Kier alpha value is -0.860. The van der Waals surface area contributed by atoms with Gasteiger partial charge in [0, 0.05) is 38.2 Å². The Morgan fingerprint density at radius 3 is 2.78 bits per heavy atom. The van der Waals surface area contributed by atoms with Gasteiger partial charge in [0.05, 0.1) is 12.7 Å². The van der Waals surface area contributed by atoms with Gasteiger partial charge in [0.1, 0.15) is 6.10 Å². The maximum atomic E-state index is 6.00. The molecule has 4 rings (SSSR count). The number of ether oxygens (including phenoxy) is 2. The van der Waals surface area contributed by atoms with Crippen LogP contribution in [0.25, 0.3) is 0 Å². The summed E-state index contributed by atoms with van der Waals surface area (Å²) in [5, 5.41) is 3.73. The van der Waals surface area contributed by atoms with Gasteiger partial charge in [-0.05, 0) is 44.2 Å². The number of aliphatic imine (C=N–C) groups is 1. The van der Waals surface area contributed by atoms with Crippen molar-refractivity contribution in [2.45, 2.75) is 57.3 Å². The van der Waals surface area contributed by atoms with Gasteiger partial charge in [-0.3, -0.25) is 4.99 Å². The van der Waals surface area contributed by atoms with Gasteiger partial charge in [0.2, 0.25) is 0 Å². The highest BCUT2D eigenvalue weighted by Gasteiger charge is 2.41. The standard InChI is InChI=1S/C21H31N3O2.HI/c1-3-22-21(23-18-13-17(18)16-8-5-4-7-15(16)2)24-10-12-26-20(14-24)19-9-6-11-25-19;/h4-5,7-8,17-20H,3,6,9-14H2,1-2H3,(H,22,23);1H. The molecular weight excluding hydrogens is 453 g/mol. The fourth-order valence-corrected chi connectivity index (χ4v) is 4.24. The maximum Gasteiger partial charge on any atom is 0.194 e. The van der Waals surface area contributed by atoms with Crippen LogP contribution in [-0.2, 0) is 9.47 Å². The van der Waals surface area contributed by atoms with E-state index >= 15 is 0 Å². The van der Waals surface area contributed by atoms with E-state index in [-0.39, 0.29) is 36.2 Å². The van der Waals surface area contributed by atoms with Crippen LogP contribution in [0.5, 0.6) is 0 Å². The fraction of sp³-hybridized carbons (Fsp3) is 0.667. The summed E-state index contributed by atoms with van der Waals surface area (Å²) in [6, 6.07) is 9.23. The third kappa shape index (κ3) is 4.95. The van der Waals surface area contributed by atoms with E-state index < -0.39 is 0 Å². The summed E-state index contributed by atoms with van der Waals surface area (Å²) < 4.78 is 11.8. The van der Waals surface area contributed by atoms with Crippen LogP contribution in [0.3, 0.4) is 0 Å². The van der Waals surface area contributed by atoms with E-state index in [1.807, 2.05) is 0 Å². The number of benzene rings is 1. The second-order valence-electron chi connectivity index (χ2n) is 7.65. The first-order chi connectivity index (χ1) is 12.8. The lowest BCUT2D eigenvalue weighted by Gasteiger charge is -2.37. The zero-order chi connectivity index (χ0) is 17.9. The van der Waals surface area contributed by atoms with E-state index in [4.69, 9.17) is 14.5 Å². The molecule has 2 heterocycles. The molecule has 1 N–H and O–H groups in total. The van der Waals surface area contributed by atoms with Crippen molar-refractivity contribution in [1.82, 2.24) is 10.2 Å². The van der Waals surface area contributed by atoms with Crippen molar-refractivity contribution in [3.05, 3.63) is 35.4 Å². The fourth-order valence-electron chi connectivity index (χ4n) is 4.24. The van der Waals surface area contributed by atoms with Gasteiger partial charge in [0.25, 0.3) is 0 Å². The van der Waals surface area contributed by atoms with Gasteiger partial charge < -0.3 is 19.7 Å². The Morgan fingerprint density at radius 2 is 2.04 bits per heavy atom. The predicted octanol–water partition coefficient (Wildman–Crippen LogP) is 3.31. The lowest BCUT2D eigenvalue weighted by Crippen LogP contribution is -2.53. The van der Waals surface area contributed by atoms with Crippen LogP contribution in [0.15, 0.2) is 29.3 Å². The van der Waals surface area contributed by atoms with Crippen LogP contribution in [0.4, 0.5) is 0 Å². The highest BCUT2D eigenvalue weighted by Crippen LogP contribution is 2.42. The Morgan fingerprint density at radius 1 is 1.22 bits per heavy atom. The second-order valence-corrected chi connectivity index (χ2v) is 7.65. The Labute approximate surface area is 179 Å². The highest BCUT2D eigenvalue weighted by molar-refractivity contribution is 14.0. The Kier molecular flexibility index (Phi) is 7.39. The molecule has 1 saturated carbocycles. The molecule has 0 aromatic heterocycles. The van der Waals surface area contributed by atoms with Crippen molar-refractivity contribution in [1.29, 1.82) is 0 Å². The molecule has 0 spiro atoms. The van der Waals surface area contributed by atoms with Crippen molar-refractivity contribution in [2.75, 3.05) is 32.8 Å². The van der Waals surface area contributed by atoms with Crippen molar-refractivity contribution >= 4 is 29.9 Å². The molecule has 150 valence electrons. The number of aryl methyl sites for hydroxylation is 1. The first-order valence-corrected chi connectivity index (χ1v) is 10.1. The summed E-state index contributed by atoms with van der Waals surface area (Å²) in [5.41, 5.74) is 2.86. The number of halogens is 1. The SMILES string of the molecule is CCN=C(NC1CC1c1ccccc1C)N1CCOC(C2CCCO2)C1.I. The third-order valence-corrected chi connectivity index (χ3v) is 5.77. The van der Waals surface area contributed by atoms with Crippen LogP contribution in [0.2, 0.25) is 0 Å². The van der Waals surface area contributed by atoms with Gasteiger partial charge in [-0.2, -0.15) is 0 Å². The molecule has 4 unspecified atom stereocenters. The molecule has 2 aliphatic heterocycles. The molecule has 0 radical (unpaired) electrons. The molecule has 4 atom stereocenters. The minimum Gasteiger partial charge on any atom is -0.375 e. The molecule has 1 aromatic carbocycles. The molecule has 0 bridgehead atoms. The molecule has 3 fully saturated rings. The number of nitrogens with one attached hydrogen (secondary N) is 1. The van der Waals surface area contributed by atoms with Crippen LogP contribution in [0.1, 0.15) is 43.2 Å². The number of morpholine rings is 1. The number of hydrogen-bond donors (Lipinski definition) is 1. The zero-order valence-corrected chi connectivity index (χ0v) is 18.7. The van der Waals surface area contributed by atoms with Crippen LogP contribution < -0.4 is 5.32 Å². The molecule has 0 amide bonds. The van der Waals surface area contributed by atoms with Gasteiger partial charge >= 0.3 is 0 Å². The molecule has 1 aromatic rings. The molecule has 27 heavy (non-hydrogen) atoms. The number of nitrogens with zero attached hydrogens (tertiary/aromatic N) is 2. The van der Waals surface area contributed by atoms with Crippen molar-refractivity contribution < 1.29 is 9.47 Å². The minimum absolute atomic E-state index is 0.